The maximum Gasteiger partial charge on any atom is 0.191 e. The molecule has 0 bridgehead atoms. The van der Waals surface area contributed by atoms with Crippen molar-refractivity contribution in [3.05, 3.63) is 42.5 Å². The van der Waals surface area contributed by atoms with Gasteiger partial charge >= 0.3 is 0 Å². The van der Waals surface area contributed by atoms with E-state index in [0.717, 1.165) is 24.7 Å². The van der Waals surface area contributed by atoms with Crippen LogP contribution < -0.4 is 10.6 Å². The molecule has 2 rings (SSSR count). The molecule has 0 radical (unpaired) electrons. The average Bonchev–Trinajstić information content (AvgIpc) is 3.12. The van der Waals surface area contributed by atoms with E-state index in [-0.39, 0.29) is 0 Å². The molecule has 2 aromatic rings. The van der Waals surface area contributed by atoms with Gasteiger partial charge in [-0.1, -0.05) is 38.3 Å². The molecule has 0 atom stereocenters. The van der Waals surface area contributed by atoms with Gasteiger partial charge in [0.15, 0.2) is 5.96 Å². The summed E-state index contributed by atoms with van der Waals surface area (Å²) in [4.78, 5) is 8.21. The number of guanidine groups is 1. The van der Waals surface area contributed by atoms with E-state index in [1.165, 1.54) is 37.6 Å². The van der Waals surface area contributed by atoms with Crippen LogP contribution in [0.3, 0.4) is 0 Å². The van der Waals surface area contributed by atoms with Gasteiger partial charge < -0.3 is 10.6 Å². The second kappa shape index (κ2) is 9.61. The number of hydrogen-bond donors (Lipinski definition) is 2. The van der Waals surface area contributed by atoms with E-state index >= 15 is 0 Å². The third kappa shape index (κ3) is 5.73. The van der Waals surface area contributed by atoms with Crippen molar-refractivity contribution in [1.82, 2.24) is 25.4 Å². The van der Waals surface area contributed by atoms with Crippen molar-refractivity contribution in [3.8, 4) is 5.69 Å². The fourth-order valence-electron chi connectivity index (χ4n) is 2.27. The van der Waals surface area contributed by atoms with Crippen molar-refractivity contribution in [2.45, 2.75) is 39.2 Å². The summed E-state index contributed by atoms with van der Waals surface area (Å²) in [6.45, 7) is 3.93. The van der Waals surface area contributed by atoms with Crippen LogP contribution in [0.25, 0.3) is 5.69 Å². The number of aliphatic imine (C=N–C) groups is 1. The second-order valence-electron chi connectivity index (χ2n) is 5.42. The monoisotopic (exact) mass is 314 g/mol. The molecule has 6 heteroatoms. The zero-order chi connectivity index (χ0) is 16.3. The number of aromatic nitrogens is 3. The third-order valence-electron chi connectivity index (χ3n) is 3.63. The summed E-state index contributed by atoms with van der Waals surface area (Å²) in [5.41, 5.74) is 2.20. The Bertz CT molecular complexity index is 574. The second-order valence-corrected chi connectivity index (χ2v) is 5.42. The Kier molecular flexibility index (Phi) is 7.10. The molecule has 23 heavy (non-hydrogen) atoms. The Morgan fingerprint density at radius 1 is 1.13 bits per heavy atom. The van der Waals surface area contributed by atoms with Crippen LogP contribution in [0.15, 0.2) is 41.9 Å². The number of rotatable bonds is 8. The number of hydrogen-bond acceptors (Lipinski definition) is 3. The molecule has 0 aliphatic heterocycles. The first kappa shape index (κ1) is 17.0. The molecule has 0 saturated heterocycles. The lowest BCUT2D eigenvalue weighted by molar-refractivity contribution is 0.647. The lowest BCUT2D eigenvalue weighted by Crippen LogP contribution is -2.37. The van der Waals surface area contributed by atoms with E-state index in [4.69, 9.17) is 0 Å². The lowest BCUT2D eigenvalue weighted by atomic mass is 10.2. The van der Waals surface area contributed by atoms with Crippen molar-refractivity contribution in [2.75, 3.05) is 13.6 Å². The Hall–Kier alpha value is -2.37. The van der Waals surface area contributed by atoms with Crippen LogP contribution in [0, 0.1) is 0 Å². The number of nitrogens with one attached hydrogen (secondary N) is 2. The minimum Gasteiger partial charge on any atom is -0.356 e. The fraction of sp³-hybridized carbons (Fsp3) is 0.471. The Labute approximate surface area is 138 Å². The molecule has 2 N–H and O–H groups in total. The topological polar surface area (TPSA) is 67.1 Å². The van der Waals surface area contributed by atoms with Gasteiger partial charge in [0, 0.05) is 20.1 Å². The molecule has 0 fully saturated rings. The standard InChI is InChI=1S/C17H26N6/c1-3-4-5-6-11-20-17(18-2)21-12-15-7-9-16(10-8-15)23-14-19-13-22-23/h7-10,13-14H,3-6,11-12H2,1-2H3,(H2,18,20,21). The maximum absolute atomic E-state index is 4.25. The molecule has 1 aromatic heterocycles. The van der Waals surface area contributed by atoms with Crippen LogP contribution in [0.1, 0.15) is 38.2 Å². The molecule has 0 amide bonds. The van der Waals surface area contributed by atoms with Crippen molar-refractivity contribution >= 4 is 5.96 Å². The minimum atomic E-state index is 0.742. The van der Waals surface area contributed by atoms with Crippen molar-refractivity contribution in [1.29, 1.82) is 0 Å². The Balaban J connectivity index is 1.75. The van der Waals surface area contributed by atoms with E-state index in [2.05, 4.69) is 44.8 Å². The molecule has 1 heterocycles. The molecule has 124 valence electrons. The summed E-state index contributed by atoms with van der Waals surface area (Å²) in [5, 5.41) is 10.8. The van der Waals surface area contributed by atoms with Crippen molar-refractivity contribution in [3.63, 3.8) is 0 Å². The predicted octanol–water partition coefficient (Wildman–Crippen LogP) is 2.51. The van der Waals surface area contributed by atoms with Crippen molar-refractivity contribution in [2.24, 2.45) is 4.99 Å². The molecule has 6 nitrogen and oxygen atoms in total. The summed E-state index contributed by atoms with van der Waals surface area (Å²) >= 11 is 0. The van der Waals surface area contributed by atoms with Gasteiger partial charge in [0.05, 0.1) is 5.69 Å². The largest absolute Gasteiger partial charge is 0.356 e. The van der Waals surface area contributed by atoms with Gasteiger partial charge in [-0.25, -0.2) is 9.67 Å². The number of benzene rings is 1. The van der Waals surface area contributed by atoms with Gasteiger partial charge in [-0.15, -0.1) is 0 Å². The molecule has 1 aromatic carbocycles. The van der Waals surface area contributed by atoms with Gasteiger partial charge in [0.2, 0.25) is 0 Å². The third-order valence-corrected chi connectivity index (χ3v) is 3.63. The Morgan fingerprint density at radius 3 is 2.61 bits per heavy atom. The first-order valence-corrected chi connectivity index (χ1v) is 8.22. The summed E-state index contributed by atoms with van der Waals surface area (Å²) < 4.78 is 1.74. The van der Waals surface area contributed by atoms with Gasteiger partial charge in [0.25, 0.3) is 0 Å². The highest BCUT2D eigenvalue weighted by Crippen LogP contribution is 2.07. The zero-order valence-corrected chi connectivity index (χ0v) is 14.0. The van der Waals surface area contributed by atoms with Crippen LogP contribution in [0.2, 0.25) is 0 Å². The quantitative estimate of drug-likeness (QED) is 0.446. The van der Waals surface area contributed by atoms with Crippen LogP contribution in [0.4, 0.5) is 0 Å². The van der Waals surface area contributed by atoms with Gasteiger partial charge in [-0.2, -0.15) is 5.10 Å². The molecular formula is C17H26N6. The maximum atomic E-state index is 4.25. The SMILES string of the molecule is CCCCCCNC(=NC)NCc1ccc(-n2cncn2)cc1. The van der Waals surface area contributed by atoms with E-state index in [0.29, 0.717) is 0 Å². The first-order chi connectivity index (χ1) is 11.3. The molecule has 0 aliphatic rings. The van der Waals surface area contributed by atoms with E-state index in [9.17, 15) is 0 Å². The highest BCUT2D eigenvalue weighted by Gasteiger charge is 2.00. The first-order valence-electron chi connectivity index (χ1n) is 8.22. The summed E-state index contributed by atoms with van der Waals surface area (Å²) in [6, 6.07) is 8.23. The number of unbranched alkanes of at least 4 members (excludes halogenated alkanes) is 3. The molecule has 0 aliphatic carbocycles. The summed E-state index contributed by atoms with van der Waals surface area (Å²) in [6.07, 6.45) is 8.23. The van der Waals surface area contributed by atoms with Crippen LogP contribution >= 0.6 is 0 Å². The van der Waals surface area contributed by atoms with Crippen LogP contribution in [0.5, 0.6) is 0 Å². The molecule has 0 saturated carbocycles. The smallest absolute Gasteiger partial charge is 0.191 e. The van der Waals surface area contributed by atoms with E-state index < -0.39 is 0 Å². The van der Waals surface area contributed by atoms with E-state index in [1.807, 2.05) is 12.1 Å². The van der Waals surface area contributed by atoms with Crippen LogP contribution in [-0.4, -0.2) is 34.3 Å². The summed E-state index contributed by atoms with van der Waals surface area (Å²) in [5.74, 6) is 0.849. The average molecular weight is 314 g/mol. The highest BCUT2D eigenvalue weighted by atomic mass is 15.3. The zero-order valence-electron chi connectivity index (χ0n) is 14.0. The molecule has 0 unspecified atom stereocenters. The Morgan fingerprint density at radius 2 is 1.96 bits per heavy atom. The lowest BCUT2D eigenvalue weighted by Gasteiger charge is -2.12. The van der Waals surface area contributed by atoms with Gasteiger partial charge in [-0.05, 0) is 24.1 Å². The van der Waals surface area contributed by atoms with Crippen molar-refractivity contribution < 1.29 is 0 Å². The van der Waals surface area contributed by atoms with Gasteiger partial charge in [0.1, 0.15) is 12.7 Å². The fourth-order valence-corrected chi connectivity index (χ4v) is 2.27. The minimum absolute atomic E-state index is 0.742. The predicted molar refractivity (Wildman–Crippen MR) is 93.7 cm³/mol. The van der Waals surface area contributed by atoms with Crippen LogP contribution in [-0.2, 0) is 6.54 Å². The molecular weight excluding hydrogens is 288 g/mol. The molecule has 0 spiro atoms. The van der Waals surface area contributed by atoms with Gasteiger partial charge in [-0.3, -0.25) is 4.99 Å². The normalized spacial score (nSPS) is 11.5. The summed E-state index contributed by atoms with van der Waals surface area (Å²) in [7, 11) is 1.80. The highest BCUT2D eigenvalue weighted by molar-refractivity contribution is 5.79. The number of nitrogens with zero attached hydrogens (tertiary/aromatic N) is 4. The van der Waals surface area contributed by atoms with E-state index in [1.54, 1.807) is 18.1 Å².